The van der Waals surface area contributed by atoms with Crippen molar-refractivity contribution >= 4 is 11.6 Å². The Morgan fingerprint density at radius 2 is 2.00 bits per heavy atom. The predicted molar refractivity (Wildman–Crippen MR) is 39.0 cm³/mol. The van der Waals surface area contributed by atoms with E-state index >= 15 is 0 Å². The molecule has 1 heterocycles. The third-order valence-corrected chi connectivity index (χ3v) is 1.52. The highest BCUT2D eigenvalue weighted by atomic mass is 35.5. The molecule has 0 spiro atoms. The molecule has 12 heavy (non-hydrogen) atoms. The molecule has 1 rings (SSSR count). The van der Waals surface area contributed by atoms with E-state index in [1.807, 2.05) is 0 Å². The van der Waals surface area contributed by atoms with Crippen LogP contribution in [0.15, 0.2) is 12.3 Å². The highest BCUT2D eigenvalue weighted by molar-refractivity contribution is 6.30. The van der Waals surface area contributed by atoms with Crippen molar-refractivity contribution < 1.29 is 13.2 Å². The maximum absolute atomic E-state index is 12.1. The molecule has 0 aliphatic rings. The first-order valence-electron chi connectivity index (χ1n) is 3.10. The average Bonchev–Trinajstić information content (AvgIpc) is 1.83. The summed E-state index contributed by atoms with van der Waals surface area (Å²) in [5.41, 5.74) is -0.845. The Kier molecular flexibility index (Phi) is 2.28. The van der Waals surface area contributed by atoms with Gasteiger partial charge >= 0.3 is 6.18 Å². The number of alkyl halides is 3. The van der Waals surface area contributed by atoms with Crippen LogP contribution in [0.25, 0.3) is 0 Å². The number of pyridine rings is 1. The summed E-state index contributed by atoms with van der Waals surface area (Å²) in [6, 6.07) is 1.23. The molecule has 0 aliphatic heterocycles. The number of rotatable bonds is 0. The van der Waals surface area contributed by atoms with Gasteiger partial charge in [-0.05, 0) is 18.6 Å². The fraction of sp³-hybridized carbons (Fsp3) is 0.286. The van der Waals surface area contributed by atoms with Gasteiger partial charge < -0.3 is 0 Å². The molecular weight excluding hydrogens is 191 g/mol. The number of aromatic nitrogens is 1. The summed E-state index contributed by atoms with van der Waals surface area (Å²) in [7, 11) is 0. The molecule has 5 heteroatoms. The van der Waals surface area contributed by atoms with Gasteiger partial charge in [0, 0.05) is 6.20 Å². The van der Waals surface area contributed by atoms with E-state index in [1.165, 1.54) is 13.0 Å². The Labute approximate surface area is 72.2 Å². The van der Waals surface area contributed by atoms with Crippen molar-refractivity contribution in [1.82, 2.24) is 4.98 Å². The molecule has 0 N–H and O–H groups in total. The Balaban J connectivity index is 3.19. The van der Waals surface area contributed by atoms with Crippen LogP contribution in [0.5, 0.6) is 0 Å². The van der Waals surface area contributed by atoms with Gasteiger partial charge in [-0.3, -0.25) is 0 Å². The Bertz CT molecular complexity index is 295. The Hall–Kier alpha value is -0.770. The second kappa shape index (κ2) is 2.94. The van der Waals surface area contributed by atoms with E-state index < -0.39 is 11.9 Å². The van der Waals surface area contributed by atoms with Gasteiger partial charge in [0.1, 0.15) is 5.69 Å². The van der Waals surface area contributed by atoms with Crippen molar-refractivity contribution in [2.45, 2.75) is 13.1 Å². The Morgan fingerprint density at radius 3 is 2.42 bits per heavy atom. The van der Waals surface area contributed by atoms with Crippen LogP contribution in [-0.4, -0.2) is 4.98 Å². The highest BCUT2D eigenvalue weighted by Gasteiger charge is 2.34. The standard InChI is InChI=1S/C7H5ClF3N/c1-4-2-5(8)3-12-6(4)7(9,10)11/h2-3H,1H3. The van der Waals surface area contributed by atoms with Crippen LogP contribution >= 0.6 is 11.6 Å². The van der Waals surface area contributed by atoms with Gasteiger partial charge in [-0.15, -0.1) is 0 Å². The van der Waals surface area contributed by atoms with E-state index in [0.29, 0.717) is 0 Å². The zero-order valence-corrected chi connectivity index (χ0v) is 6.87. The molecule has 0 unspecified atom stereocenters. The molecule has 0 bridgehead atoms. The molecule has 0 radical (unpaired) electrons. The van der Waals surface area contributed by atoms with Crippen LogP contribution in [0.3, 0.4) is 0 Å². The molecule has 0 amide bonds. The number of aryl methyl sites for hydroxylation is 1. The lowest BCUT2D eigenvalue weighted by Crippen LogP contribution is -2.09. The first kappa shape index (κ1) is 9.32. The molecule has 0 atom stereocenters. The summed E-state index contributed by atoms with van der Waals surface area (Å²) >= 11 is 5.44. The molecule has 0 saturated carbocycles. The summed E-state index contributed by atoms with van der Waals surface area (Å²) in [5, 5.41) is 0.209. The van der Waals surface area contributed by atoms with Crippen molar-refractivity contribution in [1.29, 1.82) is 0 Å². The highest BCUT2D eigenvalue weighted by Crippen LogP contribution is 2.30. The van der Waals surface area contributed by atoms with E-state index in [0.717, 1.165) is 6.20 Å². The van der Waals surface area contributed by atoms with E-state index in [4.69, 9.17) is 11.6 Å². The smallest absolute Gasteiger partial charge is 0.250 e. The lowest BCUT2D eigenvalue weighted by atomic mass is 10.2. The summed E-state index contributed by atoms with van der Waals surface area (Å²) in [5.74, 6) is 0. The maximum Gasteiger partial charge on any atom is 0.433 e. The van der Waals surface area contributed by atoms with Gasteiger partial charge in [0.05, 0.1) is 5.02 Å². The van der Waals surface area contributed by atoms with Crippen molar-refractivity contribution in [2.24, 2.45) is 0 Å². The van der Waals surface area contributed by atoms with Crippen molar-refractivity contribution in [3.05, 3.63) is 28.5 Å². The predicted octanol–water partition coefficient (Wildman–Crippen LogP) is 3.06. The van der Waals surface area contributed by atoms with E-state index in [9.17, 15) is 13.2 Å². The lowest BCUT2D eigenvalue weighted by molar-refractivity contribution is -0.141. The first-order chi connectivity index (χ1) is 5.41. The third-order valence-electron chi connectivity index (χ3n) is 1.31. The second-order valence-corrected chi connectivity index (χ2v) is 2.75. The van der Waals surface area contributed by atoms with Crippen LogP contribution in [0, 0.1) is 6.92 Å². The molecule has 0 saturated heterocycles. The van der Waals surface area contributed by atoms with Gasteiger partial charge in [-0.2, -0.15) is 13.2 Å². The number of hydrogen-bond donors (Lipinski definition) is 0. The summed E-state index contributed by atoms with van der Waals surface area (Å²) in [6.45, 7) is 1.32. The normalized spacial score (nSPS) is 11.8. The lowest BCUT2D eigenvalue weighted by Gasteiger charge is -2.07. The minimum absolute atomic E-state index is 0.0370. The minimum Gasteiger partial charge on any atom is -0.250 e. The van der Waals surface area contributed by atoms with Crippen LogP contribution in [-0.2, 0) is 6.18 Å². The van der Waals surface area contributed by atoms with Gasteiger partial charge in [0.25, 0.3) is 0 Å². The molecule has 1 aromatic rings. The van der Waals surface area contributed by atoms with Gasteiger partial charge in [-0.25, -0.2) is 4.98 Å². The average molecular weight is 196 g/mol. The topological polar surface area (TPSA) is 12.9 Å². The largest absolute Gasteiger partial charge is 0.433 e. The van der Waals surface area contributed by atoms with E-state index in [-0.39, 0.29) is 10.6 Å². The maximum atomic E-state index is 12.1. The summed E-state index contributed by atoms with van der Waals surface area (Å²) in [4.78, 5) is 3.19. The van der Waals surface area contributed by atoms with E-state index in [1.54, 1.807) is 0 Å². The number of hydrogen-bond acceptors (Lipinski definition) is 1. The van der Waals surface area contributed by atoms with Crippen LogP contribution in [0.1, 0.15) is 11.3 Å². The fourth-order valence-electron chi connectivity index (χ4n) is 0.837. The number of nitrogens with zero attached hydrogens (tertiary/aromatic N) is 1. The van der Waals surface area contributed by atoms with Crippen molar-refractivity contribution in [2.75, 3.05) is 0 Å². The molecule has 0 aromatic carbocycles. The monoisotopic (exact) mass is 195 g/mol. The van der Waals surface area contributed by atoms with Crippen molar-refractivity contribution in [3.8, 4) is 0 Å². The molecule has 0 aliphatic carbocycles. The van der Waals surface area contributed by atoms with E-state index in [2.05, 4.69) is 4.98 Å². The van der Waals surface area contributed by atoms with Gasteiger partial charge in [-0.1, -0.05) is 11.6 Å². The zero-order chi connectivity index (χ0) is 9.35. The fourth-order valence-corrected chi connectivity index (χ4v) is 1.05. The van der Waals surface area contributed by atoms with Crippen LogP contribution < -0.4 is 0 Å². The molecule has 0 fully saturated rings. The quantitative estimate of drug-likeness (QED) is 0.620. The molecule has 1 nitrogen and oxygen atoms in total. The first-order valence-corrected chi connectivity index (χ1v) is 3.48. The molecule has 1 aromatic heterocycles. The summed E-state index contributed by atoms with van der Waals surface area (Å²) in [6.07, 6.45) is -3.41. The molecule has 66 valence electrons. The SMILES string of the molecule is Cc1cc(Cl)cnc1C(F)(F)F. The van der Waals surface area contributed by atoms with Gasteiger partial charge in [0.15, 0.2) is 0 Å². The minimum atomic E-state index is -4.39. The third kappa shape index (κ3) is 1.88. The number of halogens is 4. The van der Waals surface area contributed by atoms with Crippen LogP contribution in [0.4, 0.5) is 13.2 Å². The van der Waals surface area contributed by atoms with Gasteiger partial charge in [0.2, 0.25) is 0 Å². The second-order valence-electron chi connectivity index (χ2n) is 2.32. The molecular formula is C7H5ClF3N. The Morgan fingerprint density at radius 1 is 1.42 bits per heavy atom. The zero-order valence-electron chi connectivity index (χ0n) is 6.11. The van der Waals surface area contributed by atoms with Crippen molar-refractivity contribution in [3.63, 3.8) is 0 Å². The van der Waals surface area contributed by atoms with Crippen LogP contribution in [0.2, 0.25) is 5.02 Å². The summed E-state index contributed by atoms with van der Waals surface area (Å²) < 4.78 is 36.2.